The molecule has 0 amide bonds. The van der Waals surface area contributed by atoms with Crippen molar-refractivity contribution in [1.82, 2.24) is 9.88 Å². The number of nitrogens with zero attached hydrogens (tertiary/aromatic N) is 3. The van der Waals surface area contributed by atoms with Gasteiger partial charge in [-0.3, -0.25) is 4.90 Å². The van der Waals surface area contributed by atoms with Crippen LogP contribution in [-0.4, -0.2) is 28.0 Å². The largest absolute Gasteiger partial charge is 0.409 e. The van der Waals surface area contributed by atoms with E-state index in [0.717, 1.165) is 10.6 Å². The Morgan fingerprint density at radius 2 is 2.24 bits per heavy atom. The van der Waals surface area contributed by atoms with Crippen LogP contribution < -0.4 is 5.73 Å². The number of nitrogens with two attached hydrogens (primary N) is 1. The first-order valence-electron chi connectivity index (χ1n) is 6.35. The Bertz CT molecular complexity index is 656. The first-order chi connectivity index (χ1) is 10.0. The van der Waals surface area contributed by atoms with Crippen LogP contribution in [0.2, 0.25) is 0 Å². The average molecular weight is 308 g/mol. The monoisotopic (exact) mass is 308 g/mol. The van der Waals surface area contributed by atoms with Gasteiger partial charge in [-0.05, 0) is 20.0 Å². The third kappa shape index (κ3) is 3.56. The van der Waals surface area contributed by atoms with Gasteiger partial charge in [-0.15, -0.1) is 11.3 Å². The van der Waals surface area contributed by atoms with Gasteiger partial charge in [-0.1, -0.05) is 17.3 Å². The Morgan fingerprint density at radius 1 is 1.48 bits per heavy atom. The number of rotatable bonds is 5. The minimum absolute atomic E-state index is 0.109. The first kappa shape index (κ1) is 15.4. The highest BCUT2D eigenvalue weighted by molar-refractivity contribution is 7.09. The molecule has 2 aromatic rings. The standard InChI is InChI=1S/C14H17FN4OS/c1-9-12(21-8-17-9)7-19(2)6-10-4-3-5-11(13(10)15)14(16)18-20/h3-5,8,20H,6-7H2,1-2H3,(H2,16,18). The van der Waals surface area contributed by atoms with Crippen molar-refractivity contribution in [2.24, 2.45) is 10.9 Å². The molecule has 2 rings (SSSR count). The van der Waals surface area contributed by atoms with Gasteiger partial charge in [0.05, 0.1) is 16.8 Å². The van der Waals surface area contributed by atoms with Crippen molar-refractivity contribution >= 4 is 17.2 Å². The number of hydrogen-bond acceptors (Lipinski definition) is 5. The third-order valence-electron chi connectivity index (χ3n) is 3.16. The molecule has 0 radical (unpaired) electrons. The molecule has 0 aliphatic rings. The molecule has 0 saturated carbocycles. The van der Waals surface area contributed by atoms with Crippen molar-refractivity contribution in [2.75, 3.05) is 7.05 Å². The fraction of sp³-hybridized carbons (Fsp3) is 0.286. The van der Waals surface area contributed by atoms with E-state index in [-0.39, 0.29) is 11.4 Å². The highest BCUT2D eigenvalue weighted by Gasteiger charge is 2.14. The molecule has 0 spiro atoms. The van der Waals surface area contributed by atoms with Crippen LogP contribution >= 0.6 is 11.3 Å². The van der Waals surface area contributed by atoms with Gasteiger partial charge in [0.1, 0.15) is 5.82 Å². The van der Waals surface area contributed by atoms with E-state index in [4.69, 9.17) is 10.9 Å². The van der Waals surface area contributed by atoms with Gasteiger partial charge in [0.15, 0.2) is 5.84 Å². The van der Waals surface area contributed by atoms with Crippen molar-refractivity contribution in [1.29, 1.82) is 0 Å². The zero-order chi connectivity index (χ0) is 15.4. The summed E-state index contributed by atoms with van der Waals surface area (Å²) in [4.78, 5) is 7.35. The summed E-state index contributed by atoms with van der Waals surface area (Å²) in [6.07, 6.45) is 0. The van der Waals surface area contributed by atoms with E-state index in [9.17, 15) is 4.39 Å². The molecule has 1 aromatic carbocycles. The number of aromatic nitrogens is 1. The molecule has 21 heavy (non-hydrogen) atoms. The molecule has 0 fully saturated rings. The molecule has 0 saturated heterocycles. The van der Waals surface area contributed by atoms with Crippen LogP contribution in [0.4, 0.5) is 4.39 Å². The number of amidine groups is 1. The van der Waals surface area contributed by atoms with E-state index in [1.54, 1.807) is 29.0 Å². The fourth-order valence-electron chi connectivity index (χ4n) is 2.02. The number of benzene rings is 1. The maximum atomic E-state index is 14.3. The highest BCUT2D eigenvalue weighted by atomic mass is 32.1. The Kier molecular flexibility index (Phi) is 4.87. The van der Waals surface area contributed by atoms with Gasteiger partial charge < -0.3 is 10.9 Å². The fourth-order valence-corrected chi connectivity index (χ4v) is 2.88. The number of thiazole rings is 1. The van der Waals surface area contributed by atoms with Crippen LogP contribution in [0.25, 0.3) is 0 Å². The van der Waals surface area contributed by atoms with Gasteiger partial charge >= 0.3 is 0 Å². The zero-order valence-corrected chi connectivity index (χ0v) is 12.7. The molecule has 112 valence electrons. The molecule has 5 nitrogen and oxygen atoms in total. The van der Waals surface area contributed by atoms with E-state index in [1.807, 2.05) is 18.9 Å². The van der Waals surface area contributed by atoms with Crippen molar-refractivity contribution in [3.05, 3.63) is 51.2 Å². The lowest BCUT2D eigenvalue weighted by molar-refractivity contribution is 0.314. The number of hydrogen-bond donors (Lipinski definition) is 2. The van der Waals surface area contributed by atoms with Gasteiger partial charge in [-0.25, -0.2) is 9.37 Å². The first-order valence-corrected chi connectivity index (χ1v) is 7.23. The Labute approximate surface area is 126 Å². The molecule has 0 aliphatic carbocycles. The van der Waals surface area contributed by atoms with Crippen LogP contribution in [0.1, 0.15) is 21.7 Å². The minimum atomic E-state index is -0.458. The predicted molar refractivity (Wildman–Crippen MR) is 80.9 cm³/mol. The van der Waals surface area contributed by atoms with Crippen LogP contribution in [0.15, 0.2) is 28.9 Å². The lowest BCUT2D eigenvalue weighted by Crippen LogP contribution is -2.20. The van der Waals surface area contributed by atoms with Crippen LogP contribution in [0.5, 0.6) is 0 Å². The SMILES string of the molecule is Cc1ncsc1CN(C)Cc1cccc(/C(N)=N/O)c1F. The summed E-state index contributed by atoms with van der Waals surface area (Å²) >= 11 is 1.59. The summed E-state index contributed by atoms with van der Waals surface area (Å²) in [5.74, 6) is -0.684. The van der Waals surface area contributed by atoms with Gasteiger partial charge in [0.2, 0.25) is 0 Å². The zero-order valence-electron chi connectivity index (χ0n) is 11.9. The molecular weight excluding hydrogens is 291 g/mol. The Hall–Kier alpha value is -1.99. The molecule has 1 heterocycles. The predicted octanol–water partition coefficient (Wildman–Crippen LogP) is 2.32. The maximum Gasteiger partial charge on any atom is 0.173 e. The molecular formula is C14H17FN4OS. The van der Waals surface area contributed by atoms with E-state index >= 15 is 0 Å². The molecule has 0 unspecified atom stereocenters. The number of aryl methyl sites for hydroxylation is 1. The summed E-state index contributed by atoms with van der Waals surface area (Å²) < 4.78 is 14.3. The van der Waals surface area contributed by atoms with Crippen LogP contribution in [0, 0.1) is 12.7 Å². The normalized spacial score (nSPS) is 12.1. The molecule has 7 heteroatoms. The molecule has 0 bridgehead atoms. The third-order valence-corrected chi connectivity index (χ3v) is 4.08. The van der Waals surface area contributed by atoms with Crippen molar-refractivity contribution in [3.8, 4) is 0 Å². The second-order valence-corrected chi connectivity index (χ2v) is 5.74. The lowest BCUT2D eigenvalue weighted by atomic mass is 10.1. The molecule has 3 N–H and O–H groups in total. The smallest absolute Gasteiger partial charge is 0.173 e. The Morgan fingerprint density at radius 3 is 2.86 bits per heavy atom. The minimum Gasteiger partial charge on any atom is -0.409 e. The second kappa shape index (κ2) is 6.64. The maximum absolute atomic E-state index is 14.3. The van der Waals surface area contributed by atoms with Gasteiger partial charge in [0.25, 0.3) is 0 Å². The lowest BCUT2D eigenvalue weighted by Gasteiger charge is -2.17. The summed E-state index contributed by atoms with van der Waals surface area (Å²) in [6.45, 7) is 3.08. The number of oxime groups is 1. The second-order valence-electron chi connectivity index (χ2n) is 4.80. The summed E-state index contributed by atoms with van der Waals surface area (Å²) in [6, 6.07) is 4.87. The van der Waals surface area contributed by atoms with Crippen LogP contribution in [-0.2, 0) is 13.1 Å². The van der Waals surface area contributed by atoms with Crippen LogP contribution in [0.3, 0.4) is 0 Å². The molecule has 0 atom stereocenters. The summed E-state index contributed by atoms with van der Waals surface area (Å²) in [5, 5.41) is 11.5. The van der Waals surface area contributed by atoms with Crippen molar-refractivity contribution in [2.45, 2.75) is 20.0 Å². The summed E-state index contributed by atoms with van der Waals surface area (Å²) in [7, 11) is 1.91. The molecule has 0 aliphatic heterocycles. The topological polar surface area (TPSA) is 74.7 Å². The van der Waals surface area contributed by atoms with E-state index in [2.05, 4.69) is 10.1 Å². The Balaban J connectivity index is 2.14. The van der Waals surface area contributed by atoms with E-state index < -0.39 is 5.82 Å². The van der Waals surface area contributed by atoms with Crippen molar-refractivity contribution < 1.29 is 9.60 Å². The van der Waals surface area contributed by atoms with Crippen molar-refractivity contribution in [3.63, 3.8) is 0 Å². The van der Waals surface area contributed by atoms with E-state index in [0.29, 0.717) is 18.7 Å². The quantitative estimate of drug-likeness (QED) is 0.385. The average Bonchev–Trinajstić information content (AvgIpc) is 2.85. The highest BCUT2D eigenvalue weighted by Crippen LogP contribution is 2.18. The van der Waals surface area contributed by atoms with E-state index in [1.165, 1.54) is 6.07 Å². The van der Waals surface area contributed by atoms with Gasteiger partial charge in [0, 0.05) is 23.5 Å². The summed E-state index contributed by atoms with van der Waals surface area (Å²) in [5.41, 5.74) is 8.88. The van der Waals surface area contributed by atoms with Gasteiger partial charge in [-0.2, -0.15) is 0 Å². The number of halogens is 1. The molecule has 1 aromatic heterocycles.